The van der Waals surface area contributed by atoms with Crippen molar-refractivity contribution < 1.29 is 32.4 Å². The van der Waals surface area contributed by atoms with Gasteiger partial charge in [0.2, 0.25) is 0 Å². The number of phenols is 3. The zero-order valence-electron chi connectivity index (χ0n) is 21.3. The van der Waals surface area contributed by atoms with Gasteiger partial charge in [0.25, 0.3) is 0 Å². The maximum Gasteiger partial charge on any atom is 5.00 e. The molecule has 0 saturated heterocycles. The Balaban J connectivity index is 0.00000456. The first-order valence-electron chi connectivity index (χ1n) is 11.8. The first kappa shape index (κ1) is 29.4. The molecule has 0 amide bonds. The standard InChI is InChI=1S/C29H35N3O3.Fe/c1-20-11-12-26(33)25(13-20)16-32-19-29(4,17-30-14-23-9-5-7-21(2)27(23)34)18-31-15-24-10-6-8-22(3)28(24)35;/h5-14,33-35H,15-19H2,1-4H3;/q-2;+5. The van der Waals surface area contributed by atoms with E-state index in [-0.39, 0.29) is 39.7 Å². The second-order valence-corrected chi connectivity index (χ2v) is 9.59. The van der Waals surface area contributed by atoms with Gasteiger partial charge in [-0.05, 0) is 55.2 Å². The maximum absolute atomic E-state index is 10.3. The van der Waals surface area contributed by atoms with Gasteiger partial charge in [0.15, 0.2) is 0 Å². The molecule has 7 heteroatoms. The smallest absolute Gasteiger partial charge is 0.658 e. The third-order valence-electron chi connectivity index (χ3n) is 6.08. The van der Waals surface area contributed by atoms with Crippen LogP contribution in [0.5, 0.6) is 17.2 Å². The molecule has 0 aliphatic rings. The van der Waals surface area contributed by atoms with Crippen molar-refractivity contribution in [1.29, 1.82) is 0 Å². The molecular weight excluding hydrogens is 494 g/mol. The molecular formula is C29H35FeN3O3+3. The summed E-state index contributed by atoms with van der Waals surface area (Å²) in [5, 5.41) is 40.2. The van der Waals surface area contributed by atoms with Gasteiger partial charge in [0, 0.05) is 18.3 Å². The van der Waals surface area contributed by atoms with Crippen LogP contribution in [0.3, 0.4) is 0 Å². The molecule has 3 rings (SSSR count). The molecule has 1 atom stereocenters. The molecule has 3 aromatic carbocycles. The summed E-state index contributed by atoms with van der Waals surface area (Å²) in [6, 6.07) is 16.8. The van der Waals surface area contributed by atoms with Crippen molar-refractivity contribution >= 4 is 6.21 Å². The van der Waals surface area contributed by atoms with Crippen LogP contribution in [0.2, 0.25) is 0 Å². The van der Waals surface area contributed by atoms with E-state index in [0.29, 0.717) is 38.3 Å². The molecule has 0 fully saturated rings. The average Bonchev–Trinajstić information content (AvgIpc) is 2.82. The molecule has 0 saturated carbocycles. The van der Waals surface area contributed by atoms with Gasteiger partial charge < -0.3 is 26.0 Å². The number of aryl methyl sites for hydroxylation is 3. The summed E-state index contributed by atoms with van der Waals surface area (Å²) in [4.78, 5) is 4.63. The van der Waals surface area contributed by atoms with E-state index in [0.717, 1.165) is 27.8 Å². The van der Waals surface area contributed by atoms with E-state index in [1.807, 2.05) is 69.3 Å². The van der Waals surface area contributed by atoms with Crippen LogP contribution in [0.4, 0.5) is 0 Å². The van der Waals surface area contributed by atoms with Crippen molar-refractivity contribution in [2.75, 3.05) is 19.6 Å². The Labute approximate surface area is 225 Å². The van der Waals surface area contributed by atoms with E-state index in [2.05, 4.69) is 11.9 Å². The zero-order chi connectivity index (χ0) is 25.4. The Kier molecular flexibility index (Phi) is 11.0. The summed E-state index contributed by atoms with van der Waals surface area (Å²) in [5.74, 6) is 0.760. The molecule has 6 nitrogen and oxygen atoms in total. The Hall–Kier alpha value is -2.83. The average molecular weight is 529 g/mol. The van der Waals surface area contributed by atoms with E-state index in [4.69, 9.17) is 10.6 Å². The van der Waals surface area contributed by atoms with Crippen LogP contribution in [0.15, 0.2) is 59.6 Å². The molecule has 0 spiro atoms. The predicted octanol–water partition coefficient (Wildman–Crippen LogP) is 6.30. The summed E-state index contributed by atoms with van der Waals surface area (Å²) in [6.07, 6.45) is 1.69. The quantitative estimate of drug-likeness (QED) is 0.201. The van der Waals surface area contributed by atoms with Gasteiger partial charge in [0.1, 0.15) is 17.2 Å². The van der Waals surface area contributed by atoms with E-state index < -0.39 is 0 Å². The van der Waals surface area contributed by atoms with Gasteiger partial charge in [0.05, 0.1) is 0 Å². The van der Waals surface area contributed by atoms with E-state index in [1.54, 1.807) is 12.3 Å². The Morgan fingerprint density at radius 2 is 1.42 bits per heavy atom. The molecule has 1 unspecified atom stereocenters. The normalized spacial score (nSPS) is 12.9. The molecule has 3 aromatic rings. The van der Waals surface area contributed by atoms with Crippen LogP contribution in [-0.4, -0.2) is 41.2 Å². The van der Waals surface area contributed by atoms with Crippen LogP contribution in [0, 0.1) is 26.2 Å². The van der Waals surface area contributed by atoms with Crippen LogP contribution < -0.4 is 0 Å². The number of aromatic hydroxyl groups is 3. The molecule has 1 radical (unpaired) electrons. The van der Waals surface area contributed by atoms with Gasteiger partial charge in [-0.25, -0.2) is 0 Å². The first-order valence-corrected chi connectivity index (χ1v) is 11.8. The van der Waals surface area contributed by atoms with Crippen molar-refractivity contribution in [2.45, 2.75) is 40.8 Å². The molecule has 0 aliphatic heterocycles. The minimum Gasteiger partial charge on any atom is -0.658 e. The van der Waals surface area contributed by atoms with Crippen molar-refractivity contribution in [2.24, 2.45) is 10.4 Å². The van der Waals surface area contributed by atoms with Crippen molar-refractivity contribution in [3.63, 3.8) is 0 Å². The third-order valence-corrected chi connectivity index (χ3v) is 6.08. The predicted molar refractivity (Wildman–Crippen MR) is 143 cm³/mol. The third kappa shape index (κ3) is 8.10. The van der Waals surface area contributed by atoms with Crippen LogP contribution in [0.1, 0.15) is 40.3 Å². The minimum atomic E-state index is -0.366. The number of hydrogen-bond acceptors (Lipinski definition) is 4. The molecule has 0 aliphatic carbocycles. The second kappa shape index (κ2) is 13.5. The monoisotopic (exact) mass is 529 g/mol. The summed E-state index contributed by atoms with van der Waals surface area (Å²) in [6.45, 7) is 10.1. The minimum absolute atomic E-state index is 0. The summed E-state index contributed by atoms with van der Waals surface area (Å²) in [5.41, 5.74) is 4.61. The van der Waals surface area contributed by atoms with Crippen LogP contribution in [-0.2, 0) is 30.2 Å². The molecule has 189 valence electrons. The number of hydrogen-bond donors (Lipinski definition) is 3. The SMILES string of the molecule is Cc1ccc(O)c(C[N-]CC(C)(CN=Cc2cccc(C)c2O)C[N-]Cc2cccc(C)c2O)c1.[Fe+5]. The number of nitrogens with zero attached hydrogens (tertiary/aromatic N) is 3. The van der Waals surface area contributed by atoms with Gasteiger partial charge in [-0.2, -0.15) is 0 Å². The molecule has 0 bridgehead atoms. The molecule has 3 N–H and O–H groups in total. The topological polar surface area (TPSA) is 101 Å². The molecule has 0 heterocycles. The fraction of sp³-hybridized carbons (Fsp3) is 0.345. The van der Waals surface area contributed by atoms with Crippen LogP contribution in [0.25, 0.3) is 10.6 Å². The summed E-state index contributed by atoms with van der Waals surface area (Å²) in [7, 11) is 0. The van der Waals surface area contributed by atoms with E-state index >= 15 is 0 Å². The fourth-order valence-electron chi connectivity index (χ4n) is 3.88. The van der Waals surface area contributed by atoms with E-state index in [1.165, 1.54) is 0 Å². The van der Waals surface area contributed by atoms with Gasteiger partial charge in [-0.15, -0.1) is 26.2 Å². The molecule has 0 aromatic heterocycles. The first-order chi connectivity index (χ1) is 16.7. The van der Waals surface area contributed by atoms with Gasteiger partial charge >= 0.3 is 17.1 Å². The second-order valence-electron chi connectivity index (χ2n) is 9.59. The maximum atomic E-state index is 10.3. The Morgan fingerprint density at radius 1 is 0.806 bits per heavy atom. The largest absolute Gasteiger partial charge is 5.00 e. The van der Waals surface area contributed by atoms with Crippen molar-refractivity contribution in [3.05, 3.63) is 98.6 Å². The van der Waals surface area contributed by atoms with Gasteiger partial charge in [-0.3, -0.25) is 4.99 Å². The van der Waals surface area contributed by atoms with Crippen LogP contribution >= 0.6 is 0 Å². The summed E-state index contributed by atoms with van der Waals surface area (Å²) >= 11 is 0. The number of phenolic OH excluding ortho intramolecular Hbond substituents is 3. The number of rotatable bonds is 11. The number of para-hydroxylation sites is 2. The zero-order valence-corrected chi connectivity index (χ0v) is 22.5. The summed E-state index contributed by atoms with van der Waals surface area (Å²) < 4.78 is 0. The fourth-order valence-corrected chi connectivity index (χ4v) is 3.88. The van der Waals surface area contributed by atoms with Gasteiger partial charge in [-0.1, -0.05) is 60.4 Å². The molecule has 36 heavy (non-hydrogen) atoms. The Morgan fingerprint density at radius 3 is 2.11 bits per heavy atom. The van der Waals surface area contributed by atoms with Crippen molar-refractivity contribution in [3.8, 4) is 17.2 Å². The number of benzene rings is 3. The van der Waals surface area contributed by atoms with E-state index in [9.17, 15) is 15.3 Å². The Bertz CT molecular complexity index is 1170. The number of aliphatic imine (C=N–C) groups is 1. The van der Waals surface area contributed by atoms with Crippen molar-refractivity contribution in [1.82, 2.24) is 0 Å².